The van der Waals surface area contributed by atoms with Crippen molar-refractivity contribution in [3.05, 3.63) is 117 Å². The van der Waals surface area contributed by atoms with Gasteiger partial charge in [-0.1, -0.05) is 42.5 Å². The van der Waals surface area contributed by atoms with E-state index in [1.807, 2.05) is 24.3 Å². The summed E-state index contributed by atoms with van der Waals surface area (Å²) < 4.78 is 41.2. The number of halogens is 2. The zero-order chi connectivity index (χ0) is 26.4. The molecule has 0 unspecified atom stereocenters. The molecule has 0 spiro atoms. The molecule has 0 radical (unpaired) electrons. The Morgan fingerprint density at radius 3 is 2.35 bits per heavy atom. The summed E-state index contributed by atoms with van der Waals surface area (Å²) in [7, 11) is 2.88. The van der Waals surface area contributed by atoms with E-state index < -0.39 is 23.2 Å². The van der Waals surface area contributed by atoms with Gasteiger partial charge >= 0.3 is 0 Å². The van der Waals surface area contributed by atoms with E-state index in [-0.39, 0.29) is 25.4 Å². The highest BCUT2D eigenvalue weighted by atomic mass is 19.1. The number of methoxy groups -OCH3 is 2. The van der Waals surface area contributed by atoms with Crippen LogP contribution in [0.25, 0.3) is 0 Å². The van der Waals surface area contributed by atoms with Crippen molar-refractivity contribution in [1.29, 1.82) is 0 Å². The van der Waals surface area contributed by atoms with Crippen molar-refractivity contribution < 1.29 is 23.0 Å². The molecule has 0 atom stereocenters. The van der Waals surface area contributed by atoms with E-state index in [0.717, 1.165) is 15.7 Å². The molecule has 4 rings (SSSR count). The Hall–Kier alpha value is -4.31. The van der Waals surface area contributed by atoms with Gasteiger partial charge in [0.15, 0.2) is 17.5 Å². The van der Waals surface area contributed by atoms with Crippen LogP contribution in [0.3, 0.4) is 0 Å². The van der Waals surface area contributed by atoms with Crippen molar-refractivity contribution in [3.63, 3.8) is 0 Å². The Labute approximate surface area is 212 Å². The average molecular weight is 509 g/mol. The molecule has 1 N–H and O–H groups in total. The van der Waals surface area contributed by atoms with Crippen molar-refractivity contribution >= 4 is 5.91 Å². The molecule has 0 saturated heterocycles. The first-order chi connectivity index (χ1) is 17.9. The minimum absolute atomic E-state index is 0.0218. The van der Waals surface area contributed by atoms with Crippen LogP contribution in [0.15, 0.2) is 71.7 Å². The van der Waals surface area contributed by atoms with Gasteiger partial charge in [-0.2, -0.15) is 9.49 Å². The third kappa shape index (κ3) is 6.10. The largest absolute Gasteiger partial charge is 0.494 e. The third-order valence-electron chi connectivity index (χ3n) is 5.77. The van der Waals surface area contributed by atoms with Crippen LogP contribution in [0.2, 0.25) is 0 Å². The van der Waals surface area contributed by atoms with E-state index in [4.69, 9.17) is 9.47 Å². The maximum Gasteiger partial charge on any atom is 0.255 e. The third-order valence-corrected chi connectivity index (χ3v) is 5.77. The lowest BCUT2D eigenvalue weighted by molar-refractivity contribution is 0.0945. The van der Waals surface area contributed by atoms with Gasteiger partial charge in [-0.3, -0.25) is 18.8 Å². The molecule has 37 heavy (non-hydrogen) atoms. The first-order valence-corrected chi connectivity index (χ1v) is 11.5. The number of carbonyl (C=O) groups is 1. The fraction of sp³-hybridized carbons (Fsp3) is 0.222. The van der Waals surface area contributed by atoms with Crippen LogP contribution < -0.4 is 15.6 Å². The number of benzene rings is 2. The second-order valence-corrected chi connectivity index (χ2v) is 8.33. The quantitative estimate of drug-likeness (QED) is 0.332. The summed E-state index contributed by atoms with van der Waals surface area (Å²) in [6, 6.07) is 16.0. The van der Waals surface area contributed by atoms with E-state index in [0.29, 0.717) is 23.4 Å². The lowest BCUT2D eigenvalue weighted by Gasteiger charge is -2.09. The Kier molecular flexibility index (Phi) is 8.09. The molecule has 0 bridgehead atoms. The number of ether oxygens (including phenoxy) is 2. The van der Waals surface area contributed by atoms with Gasteiger partial charge in [-0.15, -0.1) is 0 Å². The van der Waals surface area contributed by atoms with Crippen LogP contribution in [0.4, 0.5) is 8.78 Å². The van der Waals surface area contributed by atoms with E-state index in [1.54, 1.807) is 23.0 Å². The molecule has 0 aliphatic rings. The molecule has 4 aromatic rings. The van der Waals surface area contributed by atoms with Crippen molar-refractivity contribution in [2.24, 2.45) is 0 Å². The van der Waals surface area contributed by atoms with E-state index in [1.165, 1.54) is 38.5 Å². The molecule has 0 aliphatic heterocycles. The number of hydrogen-bond donors (Lipinski definition) is 1. The molecule has 10 heteroatoms. The van der Waals surface area contributed by atoms with Gasteiger partial charge in [-0.05, 0) is 23.3 Å². The van der Waals surface area contributed by atoms with Crippen molar-refractivity contribution in [2.45, 2.75) is 26.2 Å². The van der Waals surface area contributed by atoms with Crippen molar-refractivity contribution in [3.8, 4) is 5.75 Å². The van der Waals surface area contributed by atoms with Gasteiger partial charge in [0.1, 0.15) is 5.69 Å². The Bertz CT molecular complexity index is 1450. The Balaban J connectivity index is 1.45. The molecule has 1 amide bonds. The lowest BCUT2D eigenvalue weighted by Crippen LogP contribution is -2.24. The summed E-state index contributed by atoms with van der Waals surface area (Å²) in [4.78, 5) is 24.8. The fourth-order valence-corrected chi connectivity index (χ4v) is 3.86. The zero-order valence-corrected chi connectivity index (χ0v) is 20.4. The smallest absolute Gasteiger partial charge is 0.255 e. The molecular weight excluding hydrogens is 482 g/mol. The van der Waals surface area contributed by atoms with E-state index >= 15 is 0 Å². The van der Waals surface area contributed by atoms with Crippen LogP contribution in [0, 0.1) is 11.8 Å². The molecule has 0 aliphatic carbocycles. The van der Waals surface area contributed by atoms with Gasteiger partial charge in [-0.25, -0.2) is 4.39 Å². The molecule has 2 aromatic carbocycles. The van der Waals surface area contributed by atoms with Crippen LogP contribution in [-0.2, 0) is 31.0 Å². The van der Waals surface area contributed by atoms with Crippen LogP contribution in [-0.4, -0.2) is 34.5 Å². The summed E-state index contributed by atoms with van der Waals surface area (Å²) in [5.74, 6) is -1.43. The van der Waals surface area contributed by atoms with Gasteiger partial charge in [0, 0.05) is 31.5 Å². The summed E-state index contributed by atoms with van der Waals surface area (Å²) >= 11 is 0. The van der Waals surface area contributed by atoms with Gasteiger partial charge in [0.2, 0.25) is 0 Å². The number of carbonyl (C=O) groups excluding carboxylic acids is 1. The highest BCUT2D eigenvalue weighted by Gasteiger charge is 2.18. The second-order valence-electron chi connectivity index (χ2n) is 8.33. The molecule has 0 fully saturated rings. The predicted molar refractivity (Wildman–Crippen MR) is 132 cm³/mol. The van der Waals surface area contributed by atoms with Crippen molar-refractivity contribution in [2.75, 3.05) is 14.2 Å². The molecule has 192 valence electrons. The highest BCUT2D eigenvalue weighted by Crippen LogP contribution is 2.20. The first kappa shape index (κ1) is 25.8. The van der Waals surface area contributed by atoms with Gasteiger partial charge in [0.05, 0.1) is 32.4 Å². The number of hydrogen-bond acceptors (Lipinski definition) is 5. The molecule has 2 heterocycles. The van der Waals surface area contributed by atoms with Crippen LogP contribution in [0.5, 0.6) is 5.75 Å². The van der Waals surface area contributed by atoms with Gasteiger partial charge in [0.25, 0.3) is 11.5 Å². The minimum atomic E-state index is -0.598. The standard InChI is InChI=1S/C27H26F2N4O4/c1-36-17-22-21(27(35)30-13-20-5-3-6-23(37-2)26(20)29)16-32(31-22)14-18-9-11-19(12-10-18)15-33-24(28)7-4-8-25(33)34/h3-12,16H,13-15,17H2,1-2H3,(H,30,35). The minimum Gasteiger partial charge on any atom is -0.494 e. The highest BCUT2D eigenvalue weighted by molar-refractivity contribution is 5.95. The lowest BCUT2D eigenvalue weighted by atomic mass is 10.1. The van der Waals surface area contributed by atoms with Gasteiger partial charge < -0.3 is 14.8 Å². The number of pyridine rings is 1. The molecule has 2 aromatic heterocycles. The number of aromatic nitrogens is 3. The van der Waals surface area contributed by atoms with Crippen molar-refractivity contribution in [1.82, 2.24) is 19.7 Å². The predicted octanol–water partition coefficient (Wildman–Crippen LogP) is 3.50. The maximum atomic E-state index is 14.4. The first-order valence-electron chi connectivity index (χ1n) is 11.5. The van der Waals surface area contributed by atoms with Crippen LogP contribution >= 0.6 is 0 Å². The number of rotatable bonds is 10. The molecule has 8 nitrogen and oxygen atoms in total. The average Bonchev–Trinajstić information content (AvgIpc) is 3.29. The fourth-order valence-electron chi connectivity index (χ4n) is 3.86. The zero-order valence-electron chi connectivity index (χ0n) is 20.4. The summed E-state index contributed by atoms with van der Waals surface area (Å²) in [5.41, 5.74) is 2.31. The monoisotopic (exact) mass is 508 g/mol. The summed E-state index contributed by atoms with van der Waals surface area (Å²) in [5, 5.41) is 7.19. The van der Waals surface area contributed by atoms with Crippen LogP contribution in [0.1, 0.15) is 32.7 Å². The summed E-state index contributed by atoms with van der Waals surface area (Å²) in [6.45, 7) is 0.587. The SMILES string of the molecule is COCc1nn(Cc2ccc(Cn3c(F)cccc3=O)cc2)cc1C(=O)NCc1cccc(OC)c1F. The van der Waals surface area contributed by atoms with E-state index in [9.17, 15) is 18.4 Å². The number of amides is 1. The van der Waals surface area contributed by atoms with E-state index in [2.05, 4.69) is 10.4 Å². The topological polar surface area (TPSA) is 87.4 Å². The summed E-state index contributed by atoms with van der Waals surface area (Å²) in [6.07, 6.45) is 1.61. The second kappa shape index (κ2) is 11.6. The Morgan fingerprint density at radius 1 is 0.973 bits per heavy atom. The number of nitrogens with zero attached hydrogens (tertiary/aromatic N) is 3. The molecule has 0 saturated carbocycles. The Morgan fingerprint density at radius 2 is 1.68 bits per heavy atom. The number of nitrogens with one attached hydrogen (secondary N) is 1. The maximum absolute atomic E-state index is 14.4. The normalized spacial score (nSPS) is 10.9. The molecular formula is C27H26F2N4O4.